The van der Waals surface area contributed by atoms with Gasteiger partial charge in [0.1, 0.15) is 5.75 Å². The molecule has 0 radical (unpaired) electrons. The van der Waals surface area contributed by atoms with Crippen LogP contribution in [0.15, 0.2) is 12.1 Å². The summed E-state index contributed by atoms with van der Waals surface area (Å²) in [6.45, 7) is 2.89. The number of hydrogen-bond acceptors (Lipinski definition) is 3. The Balaban J connectivity index is 3.30. The van der Waals surface area contributed by atoms with E-state index in [0.717, 1.165) is 0 Å². The van der Waals surface area contributed by atoms with Gasteiger partial charge in [-0.2, -0.15) is 0 Å². The van der Waals surface area contributed by atoms with Gasteiger partial charge < -0.3 is 10.2 Å². The molecule has 0 aromatic heterocycles. The van der Waals surface area contributed by atoms with Crippen molar-refractivity contribution in [3.8, 4) is 5.75 Å². The van der Waals surface area contributed by atoms with Crippen molar-refractivity contribution in [1.82, 2.24) is 0 Å². The van der Waals surface area contributed by atoms with Crippen molar-refractivity contribution in [3.05, 3.63) is 28.8 Å². The first-order valence-electron chi connectivity index (χ1n) is 4.00. The van der Waals surface area contributed by atoms with Crippen LogP contribution < -0.4 is 0 Å². The van der Waals surface area contributed by atoms with Crippen LogP contribution in [0.3, 0.4) is 0 Å². The first kappa shape index (κ1) is 9.74. The molecule has 0 bridgehead atoms. The fourth-order valence-electron chi connectivity index (χ4n) is 1.18. The molecule has 0 saturated carbocycles. The highest BCUT2D eigenvalue weighted by Gasteiger charge is 2.08. The van der Waals surface area contributed by atoms with Gasteiger partial charge in [0.2, 0.25) is 0 Å². The van der Waals surface area contributed by atoms with Gasteiger partial charge in [0.25, 0.3) is 0 Å². The maximum atomic E-state index is 11.0. The number of rotatable bonds is 2. The topological polar surface area (TPSA) is 57.5 Å². The minimum atomic E-state index is -0.256. The van der Waals surface area contributed by atoms with Crippen LogP contribution in [0, 0.1) is 6.92 Å². The minimum absolute atomic E-state index is 0.0625. The van der Waals surface area contributed by atoms with Crippen LogP contribution in [0.1, 0.15) is 28.4 Å². The third-order valence-electron chi connectivity index (χ3n) is 1.96. The molecule has 0 atom stereocenters. The Morgan fingerprint density at radius 2 is 2.08 bits per heavy atom. The van der Waals surface area contributed by atoms with Gasteiger partial charge in [-0.3, -0.25) is 4.79 Å². The van der Waals surface area contributed by atoms with E-state index in [-0.39, 0.29) is 18.1 Å². The third kappa shape index (κ3) is 1.87. The van der Waals surface area contributed by atoms with Gasteiger partial charge in [0, 0.05) is 11.1 Å². The van der Waals surface area contributed by atoms with Gasteiger partial charge in [0.05, 0.1) is 6.61 Å². The largest absolute Gasteiger partial charge is 0.507 e. The second kappa shape index (κ2) is 3.58. The number of aliphatic hydroxyl groups excluding tert-OH is 1. The summed E-state index contributed by atoms with van der Waals surface area (Å²) in [5.41, 5.74) is 1.52. The normalized spacial score (nSPS) is 10.1. The molecule has 13 heavy (non-hydrogen) atoms. The molecule has 1 rings (SSSR count). The van der Waals surface area contributed by atoms with Crippen LogP contribution in [0.4, 0.5) is 0 Å². The van der Waals surface area contributed by atoms with Gasteiger partial charge in [-0.05, 0) is 31.5 Å². The Bertz CT molecular complexity index is 342. The summed E-state index contributed by atoms with van der Waals surface area (Å²) in [7, 11) is 0. The van der Waals surface area contributed by atoms with E-state index in [1.54, 1.807) is 13.0 Å². The van der Waals surface area contributed by atoms with Crippen LogP contribution in [0.5, 0.6) is 5.75 Å². The maximum Gasteiger partial charge on any atom is 0.159 e. The van der Waals surface area contributed by atoms with Crippen molar-refractivity contribution in [1.29, 1.82) is 0 Å². The molecule has 0 aliphatic heterocycles. The van der Waals surface area contributed by atoms with E-state index in [2.05, 4.69) is 0 Å². The number of hydrogen-bond donors (Lipinski definition) is 2. The predicted octanol–water partition coefficient (Wildman–Crippen LogP) is 1.40. The van der Waals surface area contributed by atoms with Crippen molar-refractivity contribution >= 4 is 5.78 Å². The zero-order valence-electron chi connectivity index (χ0n) is 7.66. The molecule has 1 aromatic carbocycles. The minimum Gasteiger partial charge on any atom is -0.507 e. The summed E-state index contributed by atoms with van der Waals surface area (Å²) in [5, 5.41) is 18.3. The molecule has 3 heteroatoms. The van der Waals surface area contributed by atoms with Crippen LogP contribution in [-0.2, 0) is 6.61 Å². The number of benzene rings is 1. The highest BCUT2D eigenvalue weighted by Crippen LogP contribution is 2.23. The van der Waals surface area contributed by atoms with Gasteiger partial charge in [0.15, 0.2) is 5.78 Å². The van der Waals surface area contributed by atoms with E-state index in [9.17, 15) is 9.90 Å². The summed E-state index contributed by atoms with van der Waals surface area (Å²) in [4.78, 5) is 11.0. The average molecular weight is 180 g/mol. The number of carbonyl (C=O) groups is 1. The van der Waals surface area contributed by atoms with E-state index in [1.165, 1.54) is 13.0 Å². The molecule has 2 N–H and O–H groups in total. The Kier molecular flexibility index (Phi) is 2.68. The Labute approximate surface area is 76.6 Å². The Morgan fingerprint density at radius 1 is 1.46 bits per heavy atom. The lowest BCUT2D eigenvalue weighted by atomic mass is 10.0. The molecule has 0 saturated heterocycles. The highest BCUT2D eigenvalue weighted by molar-refractivity contribution is 5.94. The summed E-state index contributed by atoms with van der Waals surface area (Å²) in [6.07, 6.45) is 0. The number of aliphatic hydroxyl groups is 1. The molecule has 0 fully saturated rings. The van der Waals surface area contributed by atoms with E-state index in [0.29, 0.717) is 16.7 Å². The molecule has 0 amide bonds. The summed E-state index contributed by atoms with van der Waals surface area (Å²) in [5.74, 6) is -0.00898. The van der Waals surface area contributed by atoms with Crippen molar-refractivity contribution in [2.75, 3.05) is 0 Å². The molecule has 1 aromatic rings. The maximum absolute atomic E-state index is 11.0. The zero-order valence-corrected chi connectivity index (χ0v) is 7.66. The van der Waals surface area contributed by atoms with Crippen molar-refractivity contribution in [2.24, 2.45) is 0 Å². The molecule has 0 aliphatic rings. The fraction of sp³-hybridized carbons (Fsp3) is 0.300. The second-order valence-corrected chi connectivity index (χ2v) is 3.02. The summed E-state index contributed by atoms with van der Waals surface area (Å²) < 4.78 is 0. The van der Waals surface area contributed by atoms with Gasteiger partial charge >= 0.3 is 0 Å². The molecule has 70 valence electrons. The van der Waals surface area contributed by atoms with Crippen molar-refractivity contribution in [2.45, 2.75) is 20.5 Å². The number of Topliss-reactive ketones (excluding diaryl/α,β-unsaturated/α-hetero) is 1. The van der Waals surface area contributed by atoms with E-state index in [1.807, 2.05) is 0 Å². The number of carbonyl (C=O) groups excluding carboxylic acids is 1. The molecule has 0 aliphatic carbocycles. The molecule has 0 unspecified atom stereocenters. The highest BCUT2D eigenvalue weighted by atomic mass is 16.3. The van der Waals surface area contributed by atoms with Crippen LogP contribution >= 0.6 is 0 Å². The number of phenols is 1. The summed E-state index contributed by atoms with van der Waals surface area (Å²) in [6, 6.07) is 3.11. The number of aryl methyl sites for hydroxylation is 1. The lowest BCUT2D eigenvalue weighted by Crippen LogP contribution is -1.96. The Hall–Kier alpha value is -1.35. The number of aromatic hydroxyl groups is 1. The first-order valence-corrected chi connectivity index (χ1v) is 4.00. The quantitative estimate of drug-likeness (QED) is 0.676. The smallest absolute Gasteiger partial charge is 0.159 e. The lowest BCUT2D eigenvalue weighted by Gasteiger charge is -2.06. The number of ketones is 1. The van der Waals surface area contributed by atoms with Gasteiger partial charge in [-0.25, -0.2) is 0 Å². The van der Waals surface area contributed by atoms with Crippen LogP contribution in [0.25, 0.3) is 0 Å². The second-order valence-electron chi connectivity index (χ2n) is 3.02. The standard InChI is InChI=1S/C10H12O3/c1-6-3-8(7(2)12)4-9(5-11)10(6)13/h3-4,11,13H,5H2,1-2H3. The summed E-state index contributed by atoms with van der Waals surface area (Å²) >= 11 is 0. The van der Waals surface area contributed by atoms with E-state index >= 15 is 0 Å². The predicted molar refractivity (Wildman–Crippen MR) is 48.8 cm³/mol. The first-order chi connectivity index (χ1) is 6.06. The third-order valence-corrected chi connectivity index (χ3v) is 1.96. The molecule has 3 nitrogen and oxygen atoms in total. The SMILES string of the molecule is CC(=O)c1cc(C)c(O)c(CO)c1. The average Bonchev–Trinajstić information content (AvgIpc) is 2.09. The fourth-order valence-corrected chi connectivity index (χ4v) is 1.18. The van der Waals surface area contributed by atoms with Crippen LogP contribution in [0.2, 0.25) is 0 Å². The Morgan fingerprint density at radius 3 is 2.54 bits per heavy atom. The van der Waals surface area contributed by atoms with Gasteiger partial charge in [-0.1, -0.05) is 0 Å². The lowest BCUT2D eigenvalue weighted by molar-refractivity contribution is 0.101. The van der Waals surface area contributed by atoms with Crippen molar-refractivity contribution in [3.63, 3.8) is 0 Å². The van der Waals surface area contributed by atoms with E-state index < -0.39 is 0 Å². The van der Waals surface area contributed by atoms with E-state index in [4.69, 9.17) is 5.11 Å². The van der Waals surface area contributed by atoms with Gasteiger partial charge in [-0.15, -0.1) is 0 Å². The molecule has 0 spiro atoms. The molecular weight excluding hydrogens is 168 g/mol. The van der Waals surface area contributed by atoms with Crippen molar-refractivity contribution < 1.29 is 15.0 Å². The van der Waals surface area contributed by atoms with Crippen LogP contribution in [-0.4, -0.2) is 16.0 Å². The zero-order chi connectivity index (χ0) is 10.0. The molecular formula is C10H12O3. The molecule has 0 heterocycles. The monoisotopic (exact) mass is 180 g/mol.